The van der Waals surface area contributed by atoms with E-state index in [4.69, 9.17) is 9.84 Å². The number of nitrogens with zero attached hydrogens (tertiary/aromatic N) is 5. The molecule has 0 aliphatic carbocycles. The number of benzene rings is 3. The highest BCUT2D eigenvalue weighted by molar-refractivity contribution is 5.98. The molecule has 174 valence electrons. The molecule has 0 spiro atoms. The molecule has 0 unspecified atom stereocenters. The zero-order valence-corrected chi connectivity index (χ0v) is 18.9. The van der Waals surface area contributed by atoms with Gasteiger partial charge in [0.25, 0.3) is 5.69 Å². The number of fused-ring (bicyclic) bond motifs is 1. The molecule has 0 fully saturated rings. The predicted octanol–water partition coefficient (Wildman–Crippen LogP) is 5.02. The maximum atomic E-state index is 13.2. The normalized spacial score (nSPS) is 11.0. The summed E-state index contributed by atoms with van der Waals surface area (Å²) >= 11 is 0. The number of rotatable bonds is 7. The molecule has 0 aliphatic heterocycles. The highest BCUT2D eigenvalue weighted by atomic mass is 16.6. The van der Waals surface area contributed by atoms with Crippen LogP contribution in [0.2, 0.25) is 0 Å². The fourth-order valence-corrected chi connectivity index (χ4v) is 4.05. The number of nitro groups is 1. The lowest BCUT2D eigenvalue weighted by atomic mass is 10.1. The molecule has 0 radical (unpaired) electrons. The Balaban J connectivity index is 1.72. The molecule has 5 rings (SSSR count). The van der Waals surface area contributed by atoms with E-state index in [0.717, 1.165) is 11.3 Å². The van der Waals surface area contributed by atoms with E-state index in [2.05, 4.69) is 4.98 Å². The highest BCUT2D eigenvalue weighted by Gasteiger charge is 2.27. The second-order valence-electron chi connectivity index (χ2n) is 7.81. The Morgan fingerprint density at radius 1 is 1.03 bits per heavy atom. The number of carbonyl (C=O) groups is 1. The second kappa shape index (κ2) is 9.22. The van der Waals surface area contributed by atoms with Gasteiger partial charge in [-0.05, 0) is 25.1 Å². The number of non-ortho nitro benzene ring substituents is 1. The van der Waals surface area contributed by atoms with E-state index in [9.17, 15) is 14.9 Å². The molecule has 0 amide bonds. The van der Waals surface area contributed by atoms with Gasteiger partial charge < -0.3 is 9.30 Å². The number of aromatic nitrogens is 4. The maximum Gasteiger partial charge on any atom is 0.342 e. The fraction of sp³-hybridized carbons (Fsp3) is 0.115. The number of carbonyl (C=O) groups excluding carboxylic acids is 1. The van der Waals surface area contributed by atoms with Crippen LogP contribution in [-0.2, 0) is 11.3 Å². The molecule has 0 N–H and O–H groups in total. The van der Waals surface area contributed by atoms with Gasteiger partial charge in [-0.15, -0.1) is 0 Å². The third-order valence-electron chi connectivity index (χ3n) is 5.64. The number of hydrogen-bond donors (Lipinski definition) is 0. The molecule has 3 aromatic carbocycles. The SMILES string of the molecule is CCOC(=O)c1c(-c2ccccc2)nn(-c2ccccc2)c1Cn1cnc2cc([N+](=O)[O-])ccc21. The smallest absolute Gasteiger partial charge is 0.342 e. The Hall–Kier alpha value is -4.79. The van der Waals surface area contributed by atoms with E-state index in [-0.39, 0.29) is 18.8 Å². The van der Waals surface area contributed by atoms with Crippen LogP contribution in [0, 0.1) is 10.1 Å². The Bertz CT molecular complexity index is 1520. The Kier molecular flexibility index (Phi) is 5.80. The summed E-state index contributed by atoms with van der Waals surface area (Å²) in [6, 6.07) is 23.6. The largest absolute Gasteiger partial charge is 0.462 e. The van der Waals surface area contributed by atoms with Crippen LogP contribution in [0.1, 0.15) is 23.0 Å². The van der Waals surface area contributed by atoms with Crippen molar-refractivity contribution in [3.63, 3.8) is 0 Å². The lowest BCUT2D eigenvalue weighted by molar-refractivity contribution is -0.384. The van der Waals surface area contributed by atoms with E-state index < -0.39 is 10.9 Å². The molecule has 9 heteroatoms. The van der Waals surface area contributed by atoms with Crippen molar-refractivity contribution in [1.82, 2.24) is 19.3 Å². The lowest BCUT2D eigenvalue weighted by Crippen LogP contribution is -2.13. The van der Waals surface area contributed by atoms with Gasteiger partial charge in [-0.2, -0.15) is 5.10 Å². The number of esters is 1. The summed E-state index contributed by atoms with van der Waals surface area (Å²) in [5.41, 5.74) is 4.24. The first-order chi connectivity index (χ1) is 17.1. The minimum Gasteiger partial charge on any atom is -0.462 e. The number of ether oxygens (including phenoxy) is 1. The molecular weight excluding hydrogens is 446 g/mol. The third kappa shape index (κ3) is 4.15. The molecule has 2 aromatic heterocycles. The van der Waals surface area contributed by atoms with Gasteiger partial charge >= 0.3 is 5.97 Å². The van der Waals surface area contributed by atoms with Crippen LogP contribution in [0.25, 0.3) is 28.0 Å². The van der Waals surface area contributed by atoms with Crippen molar-refractivity contribution in [2.45, 2.75) is 13.5 Å². The van der Waals surface area contributed by atoms with Gasteiger partial charge in [0.2, 0.25) is 0 Å². The summed E-state index contributed by atoms with van der Waals surface area (Å²) in [6.45, 7) is 2.23. The standard InChI is InChI=1S/C26H21N5O4/c1-2-35-26(32)24-23(16-29-17-27-21-15-20(31(33)34)13-14-22(21)29)30(19-11-7-4-8-12-19)28-25(24)18-9-5-3-6-10-18/h3-15,17H,2,16H2,1H3. The summed E-state index contributed by atoms with van der Waals surface area (Å²) < 4.78 is 9.02. The number of imidazole rings is 1. The summed E-state index contributed by atoms with van der Waals surface area (Å²) in [5, 5.41) is 16.0. The first-order valence-electron chi connectivity index (χ1n) is 11.1. The minimum absolute atomic E-state index is 0.0318. The molecular formula is C26H21N5O4. The van der Waals surface area contributed by atoms with Gasteiger partial charge in [0, 0.05) is 17.7 Å². The predicted molar refractivity (Wildman–Crippen MR) is 130 cm³/mol. The Morgan fingerprint density at radius 3 is 2.43 bits per heavy atom. The first-order valence-corrected chi connectivity index (χ1v) is 11.1. The molecule has 0 aliphatic rings. The average Bonchev–Trinajstić information content (AvgIpc) is 3.47. The summed E-state index contributed by atoms with van der Waals surface area (Å²) in [7, 11) is 0. The zero-order chi connectivity index (χ0) is 24.4. The quantitative estimate of drug-likeness (QED) is 0.189. The average molecular weight is 467 g/mol. The molecule has 5 aromatic rings. The van der Waals surface area contributed by atoms with Crippen molar-refractivity contribution in [3.8, 4) is 16.9 Å². The summed E-state index contributed by atoms with van der Waals surface area (Å²) in [4.78, 5) is 28.3. The van der Waals surface area contributed by atoms with E-state index in [1.54, 1.807) is 24.0 Å². The van der Waals surface area contributed by atoms with Gasteiger partial charge in [-0.25, -0.2) is 14.5 Å². The Morgan fingerprint density at radius 2 is 1.74 bits per heavy atom. The minimum atomic E-state index is -0.469. The van der Waals surface area contributed by atoms with Gasteiger partial charge in [0.05, 0.1) is 46.8 Å². The van der Waals surface area contributed by atoms with Gasteiger partial charge in [-0.3, -0.25) is 10.1 Å². The van der Waals surface area contributed by atoms with E-state index >= 15 is 0 Å². The van der Waals surface area contributed by atoms with Crippen LogP contribution in [0.4, 0.5) is 5.69 Å². The van der Waals surface area contributed by atoms with Crippen molar-refractivity contribution < 1.29 is 14.5 Å². The third-order valence-corrected chi connectivity index (χ3v) is 5.64. The first kappa shape index (κ1) is 22.0. The van der Waals surface area contributed by atoms with Gasteiger partial charge in [0.15, 0.2) is 0 Å². The van der Waals surface area contributed by atoms with Crippen LogP contribution >= 0.6 is 0 Å². The van der Waals surface area contributed by atoms with E-state index in [0.29, 0.717) is 28.0 Å². The van der Waals surface area contributed by atoms with Crippen molar-refractivity contribution >= 4 is 22.7 Å². The van der Waals surface area contributed by atoms with Crippen LogP contribution in [0.3, 0.4) is 0 Å². The van der Waals surface area contributed by atoms with Crippen LogP contribution in [-0.4, -0.2) is 36.8 Å². The molecule has 0 bridgehead atoms. The molecule has 0 saturated heterocycles. The highest BCUT2D eigenvalue weighted by Crippen LogP contribution is 2.30. The summed E-state index contributed by atoms with van der Waals surface area (Å²) in [6.07, 6.45) is 1.61. The van der Waals surface area contributed by atoms with Crippen molar-refractivity contribution in [2.24, 2.45) is 0 Å². The number of hydrogen-bond acceptors (Lipinski definition) is 6. The fourth-order valence-electron chi connectivity index (χ4n) is 4.05. The second-order valence-corrected chi connectivity index (χ2v) is 7.81. The number of para-hydroxylation sites is 1. The van der Waals surface area contributed by atoms with Gasteiger partial charge in [0.1, 0.15) is 11.3 Å². The molecule has 9 nitrogen and oxygen atoms in total. The van der Waals surface area contributed by atoms with Crippen LogP contribution in [0.15, 0.2) is 85.2 Å². The van der Waals surface area contributed by atoms with Crippen LogP contribution in [0.5, 0.6) is 0 Å². The molecule has 35 heavy (non-hydrogen) atoms. The van der Waals surface area contributed by atoms with Crippen LogP contribution < -0.4 is 0 Å². The van der Waals surface area contributed by atoms with E-state index in [1.807, 2.05) is 65.2 Å². The maximum absolute atomic E-state index is 13.2. The number of nitro benzene ring substituents is 1. The van der Waals surface area contributed by atoms with Crippen molar-refractivity contribution in [1.29, 1.82) is 0 Å². The monoisotopic (exact) mass is 467 g/mol. The lowest BCUT2D eigenvalue weighted by Gasteiger charge is -2.11. The zero-order valence-electron chi connectivity index (χ0n) is 18.9. The molecule has 2 heterocycles. The topological polar surface area (TPSA) is 105 Å². The van der Waals surface area contributed by atoms with Crippen molar-refractivity contribution in [2.75, 3.05) is 6.61 Å². The van der Waals surface area contributed by atoms with E-state index in [1.165, 1.54) is 12.1 Å². The molecule has 0 saturated carbocycles. The van der Waals surface area contributed by atoms with Gasteiger partial charge in [-0.1, -0.05) is 48.5 Å². The van der Waals surface area contributed by atoms with Crippen molar-refractivity contribution in [3.05, 3.63) is 107 Å². The molecule has 0 atom stereocenters. The Labute approximate surface area is 200 Å². The summed E-state index contributed by atoms with van der Waals surface area (Å²) in [5.74, 6) is -0.469.